The molecule has 2 heteroatoms. The smallest absolute Gasteiger partial charge is 0.121 e. The monoisotopic (exact) mass is 269 g/mol. The maximum absolute atomic E-state index is 5.29. The maximum Gasteiger partial charge on any atom is 0.121 e. The number of hydrogen-bond donors (Lipinski definition) is 1. The summed E-state index contributed by atoms with van der Waals surface area (Å²) in [5.41, 5.74) is 5.15. The van der Waals surface area contributed by atoms with Gasteiger partial charge in [-0.15, -0.1) is 0 Å². The second-order valence-electron chi connectivity index (χ2n) is 5.26. The Kier molecular flexibility index (Phi) is 4.80. The van der Waals surface area contributed by atoms with Crippen molar-refractivity contribution in [2.75, 3.05) is 7.11 Å². The fourth-order valence-electron chi connectivity index (χ4n) is 2.50. The number of rotatable bonds is 5. The van der Waals surface area contributed by atoms with E-state index in [1.54, 1.807) is 7.11 Å². The zero-order valence-corrected chi connectivity index (χ0v) is 12.7. The van der Waals surface area contributed by atoms with Crippen molar-refractivity contribution in [3.8, 4) is 5.75 Å². The molecule has 0 amide bonds. The van der Waals surface area contributed by atoms with E-state index in [2.05, 4.69) is 62.5 Å². The van der Waals surface area contributed by atoms with Crippen LogP contribution >= 0.6 is 0 Å². The lowest BCUT2D eigenvalue weighted by Crippen LogP contribution is -2.18. The lowest BCUT2D eigenvalue weighted by Gasteiger charge is -2.17. The number of nitrogens with one attached hydrogen (secondary N) is 1. The van der Waals surface area contributed by atoms with E-state index in [0.29, 0.717) is 6.04 Å². The first-order chi connectivity index (χ1) is 9.61. The minimum atomic E-state index is 0.346. The molecule has 2 aromatic carbocycles. The Bertz CT molecular complexity index is 577. The average Bonchev–Trinajstić information content (AvgIpc) is 2.45. The van der Waals surface area contributed by atoms with Crippen LogP contribution < -0.4 is 10.1 Å². The van der Waals surface area contributed by atoms with Crippen molar-refractivity contribution in [1.82, 2.24) is 5.32 Å². The van der Waals surface area contributed by atoms with Crippen LogP contribution in [0.15, 0.2) is 42.5 Å². The third-order valence-corrected chi connectivity index (χ3v) is 3.73. The third kappa shape index (κ3) is 3.40. The summed E-state index contributed by atoms with van der Waals surface area (Å²) in [5, 5.41) is 3.58. The normalized spacial score (nSPS) is 12.2. The van der Waals surface area contributed by atoms with Crippen molar-refractivity contribution in [2.45, 2.75) is 33.4 Å². The highest BCUT2D eigenvalue weighted by molar-refractivity contribution is 5.36. The Morgan fingerprint density at radius 2 is 1.80 bits per heavy atom. The molecule has 0 saturated carbocycles. The summed E-state index contributed by atoms with van der Waals surface area (Å²) in [6.07, 6.45) is 0. The molecule has 0 fully saturated rings. The van der Waals surface area contributed by atoms with Crippen molar-refractivity contribution in [3.63, 3.8) is 0 Å². The second-order valence-corrected chi connectivity index (χ2v) is 5.26. The molecule has 1 unspecified atom stereocenters. The van der Waals surface area contributed by atoms with Gasteiger partial charge in [0.25, 0.3) is 0 Å². The molecule has 1 N–H and O–H groups in total. The molecule has 2 nitrogen and oxygen atoms in total. The molecule has 0 spiro atoms. The van der Waals surface area contributed by atoms with Crippen LogP contribution in [0, 0.1) is 13.8 Å². The highest BCUT2D eigenvalue weighted by Crippen LogP contribution is 2.20. The fourth-order valence-corrected chi connectivity index (χ4v) is 2.50. The van der Waals surface area contributed by atoms with Gasteiger partial charge in [0.1, 0.15) is 5.75 Å². The van der Waals surface area contributed by atoms with Crippen LogP contribution in [-0.4, -0.2) is 7.11 Å². The first-order valence-corrected chi connectivity index (χ1v) is 7.04. The number of hydrogen-bond acceptors (Lipinski definition) is 2. The SMILES string of the molecule is COc1ccc(CNC(C)c2ccccc2C)cc1C. The van der Waals surface area contributed by atoms with E-state index < -0.39 is 0 Å². The number of ether oxygens (including phenoxy) is 1. The standard InChI is InChI=1S/C18H23NO/c1-13-7-5-6-8-17(13)15(3)19-12-16-9-10-18(20-4)14(2)11-16/h5-11,15,19H,12H2,1-4H3. The van der Waals surface area contributed by atoms with Gasteiger partial charge in [-0.1, -0.05) is 36.4 Å². The number of benzene rings is 2. The highest BCUT2D eigenvalue weighted by Gasteiger charge is 2.07. The van der Waals surface area contributed by atoms with Crippen LogP contribution in [-0.2, 0) is 6.54 Å². The molecule has 0 aliphatic carbocycles. The number of methoxy groups -OCH3 is 1. The molecule has 20 heavy (non-hydrogen) atoms. The third-order valence-electron chi connectivity index (χ3n) is 3.73. The van der Waals surface area contributed by atoms with Gasteiger partial charge < -0.3 is 10.1 Å². The van der Waals surface area contributed by atoms with Crippen LogP contribution in [0.4, 0.5) is 0 Å². The molecule has 0 saturated heterocycles. The van der Waals surface area contributed by atoms with E-state index in [0.717, 1.165) is 12.3 Å². The van der Waals surface area contributed by atoms with E-state index in [1.807, 2.05) is 6.07 Å². The van der Waals surface area contributed by atoms with Crippen LogP contribution in [0.3, 0.4) is 0 Å². The van der Waals surface area contributed by atoms with Gasteiger partial charge in [-0.05, 0) is 49.1 Å². The van der Waals surface area contributed by atoms with Gasteiger partial charge in [-0.25, -0.2) is 0 Å². The fraction of sp³-hybridized carbons (Fsp3) is 0.333. The van der Waals surface area contributed by atoms with Gasteiger partial charge >= 0.3 is 0 Å². The summed E-state index contributed by atoms with van der Waals surface area (Å²) < 4.78 is 5.29. The Labute approximate surface area is 121 Å². The molecule has 2 aromatic rings. The summed E-state index contributed by atoms with van der Waals surface area (Å²) in [6.45, 7) is 7.30. The summed E-state index contributed by atoms with van der Waals surface area (Å²) >= 11 is 0. The highest BCUT2D eigenvalue weighted by atomic mass is 16.5. The van der Waals surface area contributed by atoms with E-state index in [4.69, 9.17) is 4.74 Å². The zero-order valence-electron chi connectivity index (χ0n) is 12.7. The van der Waals surface area contributed by atoms with Gasteiger partial charge in [-0.3, -0.25) is 0 Å². The van der Waals surface area contributed by atoms with E-state index in [9.17, 15) is 0 Å². The summed E-state index contributed by atoms with van der Waals surface area (Å²) in [4.78, 5) is 0. The molecule has 2 rings (SSSR count). The van der Waals surface area contributed by atoms with Crippen molar-refractivity contribution >= 4 is 0 Å². The molecular formula is C18H23NO. The molecule has 0 aliphatic rings. The first kappa shape index (κ1) is 14.6. The molecule has 0 bridgehead atoms. The van der Waals surface area contributed by atoms with Crippen LogP contribution in [0.25, 0.3) is 0 Å². The molecule has 0 aliphatic heterocycles. The van der Waals surface area contributed by atoms with Crippen molar-refractivity contribution < 1.29 is 4.74 Å². The predicted molar refractivity (Wildman–Crippen MR) is 84.2 cm³/mol. The molecular weight excluding hydrogens is 246 g/mol. The van der Waals surface area contributed by atoms with E-state index in [-0.39, 0.29) is 0 Å². The average molecular weight is 269 g/mol. The summed E-state index contributed by atoms with van der Waals surface area (Å²) in [5.74, 6) is 0.945. The zero-order chi connectivity index (χ0) is 14.5. The minimum Gasteiger partial charge on any atom is -0.496 e. The summed E-state index contributed by atoms with van der Waals surface area (Å²) in [6, 6.07) is 15.2. The van der Waals surface area contributed by atoms with Gasteiger partial charge in [0.2, 0.25) is 0 Å². The summed E-state index contributed by atoms with van der Waals surface area (Å²) in [7, 11) is 1.71. The minimum absolute atomic E-state index is 0.346. The molecule has 0 aromatic heterocycles. The topological polar surface area (TPSA) is 21.3 Å². The van der Waals surface area contributed by atoms with E-state index >= 15 is 0 Å². The maximum atomic E-state index is 5.29. The second kappa shape index (κ2) is 6.58. The van der Waals surface area contributed by atoms with Crippen LogP contribution in [0.1, 0.15) is 35.2 Å². The lowest BCUT2D eigenvalue weighted by atomic mass is 10.0. The lowest BCUT2D eigenvalue weighted by molar-refractivity contribution is 0.411. The number of aryl methyl sites for hydroxylation is 2. The Hall–Kier alpha value is -1.80. The largest absolute Gasteiger partial charge is 0.496 e. The van der Waals surface area contributed by atoms with Crippen LogP contribution in [0.2, 0.25) is 0 Å². The Morgan fingerprint density at radius 3 is 2.45 bits per heavy atom. The van der Waals surface area contributed by atoms with Crippen molar-refractivity contribution in [3.05, 3.63) is 64.7 Å². The van der Waals surface area contributed by atoms with Gasteiger partial charge in [0, 0.05) is 12.6 Å². The molecule has 0 radical (unpaired) electrons. The van der Waals surface area contributed by atoms with Gasteiger partial charge in [0.15, 0.2) is 0 Å². The Morgan fingerprint density at radius 1 is 1.05 bits per heavy atom. The first-order valence-electron chi connectivity index (χ1n) is 7.04. The Balaban J connectivity index is 2.02. The quantitative estimate of drug-likeness (QED) is 0.880. The van der Waals surface area contributed by atoms with Gasteiger partial charge in [0.05, 0.1) is 7.11 Å². The van der Waals surface area contributed by atoms with Crippen molar-refractivity contribution in [1.29, 1.82) is 0 Å². The molecule has 0 heterocycles. The van der Waals surface area contributed by atoms with Gasteiger partial charge in [-0.2, -0.15) is 0 Å². The molecule has 1 atom stereocenters. The van der Waals surface area contributed by atoms with E-state index in [1.165, 1.54) is 22.3 Å². The van der Waals surface area contributed by atoms with Crippen LogP contribution in [0.5, 0.6) is 5.75 Å². The molecule has 106 valence electrons. The van der Waals surface area contributed by atoms with Crippen molar-refractivity contribution in [2.24, 2.45) is 0 Å². The predicted octanol–water partition coefficient (Wildman–Crippen LogP) is 4.16.